The van der Waals surface area contributed by atoms with Gasteiger partial charge in [0.05, 0.1) is 9.79 Å². The van der Waals surface area contributed by atoms with Crippen molar-refractivity contribution in [3.8, 4) is 0 Å². The van der Waals surface area contributed by atoms with Crippen LogP contribution in [0.15, 0.2) is 88.7 Å². The van der Waals surface area contributed by atoms with Gasteiger partial charge in [-0.2, -0.15) is 8.61 Å². The molecule has 0 radical (unpaired) electrons. The molecule has 0 aromatic heterocycles. The lowest BCUT2D eigenvalue weighted by molar-refractivity contribution is 0.138. The van der Waals surface area contributed by atoms with E-state index < -0.39 is 20.0 Å². The van der Waals surface area contributed by atoms with E-state index in [1.807, 2.05) is 68.4 Å². The summed E-state index contributed by atoms with van der Waals surface area (Å²) in [6.45, 7) is 4.55. The first-order chi connectivity index (χ1) is 17.2. The van der Waals surface area contributed by atoms with Gasteiger partial charge in [0.25, 0.3) is 0 Å². The molecular weight excluding hydrogens is 492 g/mol. The molecule has 3 aromatic carbocycles. The van der Waals surface area contributed by atoms with Crippen LogP contribution >= 0.6 is 0 Å². The Balaban J connectivity index is 1.50. The van der Waals surface area contributed by atoms with Gasteiger partial charge >= 0.3 is 0 Å². The number of fused-ring (bicyclic) bond motifs is 1. The van der Waals surface area contributed by atoms with Crippen LogP contribution in [0.25, 0.3) is 0 Å². The van der Waals surface area contributed by atoms with Crippen LogP contribution < -0.4 is 0 Å². The highest BCUT2D eigenvalue weighted by Crippen LogP contribution is 2.41. The highest BCUT2D eigenvalue weighted by atomic mass is 32.2. The van der Waals surface area contributed by atoms with Crippen LogP contribution in [-0.2, 0) is 26.5 Å². The summed E-state index contributed by atoms with van der Waals surface area (Å²) in [6.07, 6.45) is 1.66. The molecule has 0 bridgehead atoms. The Hall–Kier alpha value is -2.52. The summed E-state index contributed by atoms with van der Waals surface area (Å²) >= 11 is 0. The third kappa shape index (κ3) is 4.63. The first-order valence-electron chi connectivity index (χ1n) is 12.4. The number of aryl methyl sites for hydroxylation is 2. The van der Waals surface area contributed by atoms with Crippen molar-refractivity contribution in [2.45, 2.75) is 55.0 Å². The summed E-state index contributed by atoms with van der Waals surface area (Å²) in [5.41, 5.74) is 3.05. The van der Waals surface area contributed by atoms with E-state index in [0.717, 1.165) is 16.7 Å². The molecule has 2 saturated heterocycles. The van der Waals surface area contributed by atoms with E-state index in [9.17, 15) is 16.8 Å². The number of nitrogens with zero attached hydrogens (tertiary/aromatic N) is 2. The third-order valence-corrected chi connectivity index (χ3v) is 11.5. The first-order valence-corrected chi connectivity index (χ1v) is 15.3. The molecular formula is C28H32N2O4S2. The fourth-order valence-electron chi connectivity index (χ4n) is 5.69. The molecule has 190 valence electrons. The molecule has 36 heavy (non-hydrogen) atoms. The van der Waals surface area contributed by atoms with Gasteiger partial charge in [-0.1, -0.05) is 65.7 Å². The predicted molar refractivity (Wildman–Crippen MR) is 141 cm³/mol. The highest BCUT2D eigenvalue weighted by Gasteiger charge is 2.51. The van der Waals surface area contributed by atoms with Gasteiger partial charge in [0, 0.05) is 25.2 Å². The van der Waals surface area contributed by atoms with Crippen LogP contribution in [-0.4, -0.2) is 50.6 Å². The molecule has 2 aliphatic heterocycles. The molecule has 2 heterocycles. The summed E-state index contributed by atoms with van der Waals surface area (Å²) in [4.78, 5) is 0.579. The van der Waals surface area contributed by atoms with E-state index in [4.69, 9.17) is 0 Å². The number of sulfonamides is 2. The lowest BCUT2D eigenvalue weighted by Crippen LogP contribution is -2.55. The maximum Gasteiger partial charge on any atom is 0.243 e. The molecule has 0 amide bonds. The van der Waals surface area contributed by atoms with Crippen molar-refractivity contribution >= 4 is 20.0 Å². The number of rotatable bonds is 6. The van der Waals surface area contributed by atoms with Crippen molar-refractivity contribution in [3.05, 3.63) is 95.6 Å². The van der Waals surface area contributed by atoms with Gasteiger partial charge in [-0.3, -0.25) is 0 Å². The Bertz CT molecular complexity index is 1420. The van der Waals surface area contributed by atoms with E-state index in [-0.39, 0.29) is 29.4 Å². The zero-order chi connectivity index (χ0) is 25.5. The quantitative estimate of drug-likeness (QED) is 0.479. The largest absolute Gasteiger partial charge is 0.243 e. The SMILES string of the molecule is Cc1ccc(S(=O)(=O)N2CC[C@H]3[C@@H](CCN3S(=O)(=O)c3ccc(C)cc3)[C@H]2Cc2ccccc2)cc1. The smallest absolute Gasteiger partial charge is 0.207 e. The van der Waals surface area contributed by atoms with Crippen LogP contribution in [0.1, 0.15) is 29.5 Å². The van der Waals surface area contributed by atoms with Gasteiger partial charge in [0.1, 0.15) is 0 Å². The van der Waals surface area contributed by atoms with Gasteiger partial charge in [0.15, 0.2) is 0 Å². The minimum atomic E-state index is -3.73. The Morgan fingerprint density at radius 1 is 0.667 bits per heavy atom. The van der Waals surface area contributed by atoms with E-state index >= 15 is 0 Å². The maximum absolute atomic E-state index is 13.8. The zero-order valence-corrected chi connectivity index (χ0v) is 22.3. The number of hydrogen-bond donors (Lipinski definition) is 0. The second-order valence-electron chi connectivity index (χ2n) is 9.92. The topological polar surface area (TPSA) is 74.8 Å². The van der Waals surface area contributed by atoms with Crippen LogP contribution in [0.3, 0.4) is 0 Å². The van der Waals surface area contributed by atoms with E-state index in [1.165, 1.54) is 0 Å². The van der Waals surface area contributed by atoms with Crippen molar-refractivity contribution in [3.63, 3.8) is 0 Å². The van der Waals surface area contributed by atoms with Crippen molar-refractivity contribution in [1.82, 2.24) is 8.61 Å². The van der Waals surface area contributed by atoms with E-state index in [0.29, 0.717) is 30.7 Å². The van der Waals surface area contributed by atoms with Gasteiger partial charge in [-0.05, 0) is 68.9 Å². The summed E-state index contributed by atoms with van der Waals surface area (Å²) in [5, 5.41) is 0. The molecule has 6 nitrogen and oxygen atoms in total. The molecule has 5 rings (SSSR count). The minimum Gasteiger partial charge on any atom is -0.207 e. The molecule has 2 fully saturated rings. The van der Waals surface area contributed by atoms with Gasteiger partial charge in [-0.15, -0.1) is 0 Å². The summed E-state index contributed by atoms with van der Waals surface area (Å²) in [6, 6.07) is 23.2. The van der Waals surface area contributed by atoms with Gasteiger partial charge in [-0.25, -0.2) is 16.8 Å². The van der Waals surface area contributed by atoms with Gasteiger partial charge in [0.2, 0.25) is 20.0 Å². The van der Waals surface area contributed by atoms with Crippen molar-refractivity contribution in [1.29, 1.82) is 0 Å². The van der Waals surface area contributed by atoms with Crippen LogP contribution in [0.4, 0.5) is 0 Å². The number of benzene rings is 3. The normalized spacial score (nSPS) is 23.4. The number of hydrogen-bond acceptors (Lipinski definition) is 4. The van der Waals surface area contributed by atoms with Crippen LogP contribution in [0.5, 0.6) is 0 Å². The Morgan fingerprint density at radius 2 is 1.17 bits per heavy atom. The zero-order valence-electron chi connectivity index (χ0n) is 20.6. The molecule has 3 aromatic rings. The first kappa shape index (κ1) is 25.1. The molecule has 2 aliphatic rings. The number of piperidine rings is 1. The lowest BCUT2D eigenvalue weighted by Gasteiger charge is -2.43. The molecule has 0 saturated carbocycles. The standard InChI is InChI=1S/C28H32N2O4S2/c1-21-8-12-24(13-9-21)35(31,32)29-18-16-26-27(29)17-19-30(28(26)20-23-6-4-3-5-7-23)36(33,34)25-14-10-22(2)11-15-25/h3-15,26-28H,16-20H2,1-2H3/t26-,27+,28-/m1/s1. The predicted octanol–water partition coefficient (Wildman–Crippen LogP) is 4.39. The molecule has 0 N–H and O–H groups in total. The lowest BCUT2D eigenvalue weighted by atomic mass is 9.83. The average Bonchev–Trinajstić information content (AvgIpc) is 3.31. The molecule has 0 aliphatic carbocycles. The summed E-state index contributed by atoms with van der Waals surface area (Å²) in [5.74, 6) is -0.0839. The van der Waals surface area contributed by atoms with Crippen molar-refractivity contribution in [2.24, 2.45) is 5.92 Å². The van der Waals surface area contributed by atoms with Crippen molar-refractivity contribution in [2.75, 3.05) is 13.1 Å². The fourth-order valence-corrected chi connectivity index (χ4v) is 9.09. The average molecular weight is 525 g/mol. The van der Waals surface area contributed by atoms with Crippen LogP contribution in [0, 0.1) is 19.8 Å². The monoisotopic (exact) mass is 524 g/mol. The summed E-state index contributed by atoms with van der Waals surface area (Å²) < 4.78 is 58.1. The van der Waals surface area contributed by atoms with E-state index in [2.05, 4.69) is 0 Å². The fraction of sp³-hybridized carbons (Fsp3) is 0.357. The molecule has 0 unspecified atom stereocenters. The van der Waals surface area contributed by atoms with Crippen LogP contribution in [0.2, 0.25) is 0 Å². The third-order valence-electron chi connectivity index (χ3n) is 7.60. The molecule has 0 spiro atoms. The second kappa shape index (κ2) is 9.74. The van der Waals surface area contributed by atoms with Gasteiger partial charge < -0.3 is 0 Å². The second-order valence-corrected chi connectivity index (χ2v) is 13.7. The molecule has 8 heteroatoms. The maximum atomic E-state index is 13.8. The Labute approximate surface area is 214 Å². The Kier molecular flexibility index (Phi) is 6.80. The minimum absolute atomic E-state index is 0.0839. The van der Waals surface area contributed by atoms with E-state index in [1.54, 1.807) is 32.9 Å². The molecule has 3 atom stereocenters. The highest BCUT2D eigenvalue weighted by molar-refractivity contribution is 7.89. The summed E-state index contributed by atoms with van der Waals surface area (Å²) in [7, 11) is -7.40. The Morgan fingerprint density at radius 3 is 1.72 bits per heavy atom. The van der Waals surface area contributed by atoms with Crippen molar-refractivity contribution < 1.29 is 16.8 Å².